The average molecular weight is 276 g/mol. The fourth-order valence-electron chi connectivity index (χ4n) is 2.54. The number of nitrogens with zero attached hydrogens (tertiary/aromatic N) is 1. The summed E-state index contributed by atoms with van der Waals surface area (Å²) in [6, 6.07) is 5.93. The van der Waals surface area contributed by atoms with Crippen molar-refractivity contribution in [3.63, 3.8) is 0 Å². The lowest BCUT2D eigenvalue weighted by Gasteiger charge is -2.30. The summed E-state index contributed by atoms with van der Waals surface area (Å²) in [5.41, 5.74) is 2.62. The van der Waals surface area contributed by atoms with E-state index in [2.05, 4.69) is 10.2 Å². The van der Waals surface area contributed by atoms with Crippen molar-refractivity contribution in [3.05, 3.63) is 23.8 Å². The quantitative estimate of drug-likeness (QED) is 0.838. The average Bonchev–Trinajstić information content (AvgIpc) is 2.52. The fourth-order valence-corrected chi connectivity index (χ4v) is 2.54. The second-order valence-corrected chi connectivity index (χ2v) is 5.17. The molecule has 0 amide bonds. The molecule has 1 aliphatic rings. The lowest BCUT2D eigenvalue weighted by atomic mass is 10.1. The van der Waals surface area contributed by atoms with Gasteiger partial charge in [0, 0.05) is 25.8 Å². The van der Waals surface area contributed by atoms with Crippen molar-refractivity contribution >= 4 is 17.3 Å². The molecule has 0 radical (unpaired) electrons. The Kier molecular flexibility index (Phi) is 5.27. The molecule has 1 aliphatic heterocycles. The van der Waals surface area contributed by atoms with Crippen LogP contribution in [0.15, 0.2) is 18.2 Å². The first-order valence-corrected chi connectivity index (χ1v) is 7.50. The molecule has 110 valence electrons. The number of hydrogen-bond donors (Lipinski definition) is 1. The van der Waals surface area contributed by atoms with Crippen molar-refractivity contribution in [2.75, 3.05) is 37.0 Å². The Morgan fingerprint density at radius 2 is 2.05 bits per heavy atom. The van der Waals surface area contributed by atoms with E-state index in [1.165, 1.54) is 19.3 Å². The molecule has 1 heterocycles. The Morgan fingerprint density at radius 1 is 1.30 bits per heavy atom. The van der Waals surface area contributed by atoms with E-state index >= 15 is 0 Å². The van der Waals surface area contributed by atoms with Gasteiger partial charge in [0.05, 0.1) is 17.9 Å². The molecule has 0 atom stereocenters. The molecular weight excluding hydrogens is 252 g/mol. The van der Waals surface area contributed by atoms with Crippen LogP contribution in [-0.4, -0.2) is 32.7 Å². The molecule has 0 saturated carbocycles. The second-order valence-electron chi connectivity index (χ2n) is 5.17. The molecule has 0 bridgehead atoms. The first-order chi connectivity index (χ1) is 9.76. The van der Waals surface area contributed by atoms with E-state index in [-0.39, 0.29) is 5.97 Å². The van der Waals surface area contributed by atoms with Crippen LogP contribution in [-0.2, 0) is 4.74 Å². The van der Waals surface area contributed by atoms with Crippen LogP contribution in [0, 0.1) is 0 Å². The van der Waals surface area contributed by atoms with E-state index in [4.69, 9.17) is 4.74 Å². The predicted octanol–water partition coefficient (Wildman–Crippen LogP) is 3.29. The highest BCUT2D eigenvalue weighted by Gasteiger charge is 2.19. The summed E-state index contributed by atoms with van der Waals surface area (Å²) in [5.74, 6) is -0.218. The number of carbonyl (C=O) groups excluding carboxylic acids is 1. The number of benzene rings is 1. The monoisotopic (exact) mass is 276 g/mol. The lowest BCUT2D eigenvalue weighted by Crippen LogP contribution is -2.31. The molecule has 1 N–H and O–H groups in total. The van der Waals surface area contributed by atoms with Gasteiger partial charge in [-0.1, -0.05) is 6.92 Å². The molecule has 0 aliphatic carbocycles. The summed E-state index contributed by atoms with van der Waals surface area (Å²) < 4.78 is 5.31. The number of esters is 1. The maximum Gasteiger partial charge on any atom is 0.340 e. The Hall–Kier alpha value is -1.71. The fraction of sp³-hybridized carbons (Fsp3) is 0.562. The summed E-state index contributed by atoms with van der Waals surface area (Å²) >= 11 is 0. The molecule has 1 aromatic carbocycles. The molecule has 1 aromatic rings. The van der Waals surface area contributed by atoms with E-state index in [0.717, 1.165) is 30.9 Å². The second kappa shape index (κ2) is 7.17. The first kappa shape index (κ1) is 14.7. The minimum Gasteiger partial charge on any atom is -0.462 e. The molecular formula is C16H24N2O2. The molecule has 1 fully saturated rings. The molecule has 2 rings (SSSR count). The first-order valence-electron chi connectivity index (χ1n) is 7.50. The number of nitrogens with one attached hydrogen (secondary N) is 1. The van der Waals surface area contributed by atoms with Gasteiger partial charge in [-0.15, -0.1) is 0 Å². The number of anilines is 2. The van der Waals surface area contributed by atoms with Gasteiger partial charge in [0.15, 0.2) is 0 Å². The van der Waals surface area contributed by atoms with Crippen molar-refractivity contribution in [1.29, 1.82) is 0 Å². The van der Waals surface area contributed by atoms with Gasteiger partial charge in [0.2, 0.25) is 0 Å². The van der Waals surface area contributed by atoms with Gasteiger partial charge in [-0.05, 0) is 43.9 Å². The van der Waals surface area contributed by atoms with Gasteiger partial charge < -0.3 is 15.0 Å². The van der Waals surface area contributed by atoms with E-state index in [1.807, 2.05) is 32.2 Å². The summed E-state index contributed by atoms with van der Waals surface area (Å²) in [7, 11) is 1.86. The smallest absolute Gasteiger partial charge is 0.340 e. The van der Waals surface area contributed by atoms with Crippen molar-refractivity contribution in [3.8, 4) is 0 Å². The summed E-state index contributed by atoms with van der Waals surface area (Å²) in [6.07, 6.45) is 4.51. The largest absolute Gasteiger partial charge is 0.462 e. The maximum absolute atomic E-state index is 12.3. The molecule has 0 spiro atoms. The van der Waals surface area contributed by atoms with Crippen molar-refractivity contribution in [2.24, 2.45) is 0 Å². The van der Waals surface area contributed by atoms with E-state index in [0.29, 0.717) is 12.2 Å². The standard InChI is InChI=1S/C16H24N2O2/c1-3-11-20-16(19)14-12-13(17-2)7-8-15(14)18-9-5-4-6-10-18/h7-8,12,17H,3-6,9-11H2,1-2H3. The summed E-state index contributed by atoms with van der Waals surface area (Å²) in [6.45, 7) is 4.52. The predicted molar refractivity (Wildman–Crippen MR) is 82.6 cm³/mol. The van der Waals surface area contributed by atoms with Gasteiger partial charge in [0.1, 0.15) is 0 Å². The zero-order chi connectivity index (χ0) is 14.4. The molecule has 0 aromatic heterocycles. The number of piperidine rings is 1. The normalized spacial score (nSPS) is 15.0. The molecule has 4 heteroatoms. The van der Waals surface area contributed by atoms with E-state index in [9.17, 15) is 4.79 Å². The minimum atomic E-state index is -0.218. The SMILES string of the molecule is CCCOC(=O)c1cc(NC)ccc1N1CCCCC1. The van der Waals surface area contributed by atoms with Crippen LogP contribution in [0.5, 0.6) is 0 Å². The van der Waals surface area contributed by atoms with Crippen molar-refractivity contribution in [2.45, 2.75) is 32.6 Å². The van der Waals surface area contributed by atoms with Gasteiger partial charge in [-0.25, -0.2) is 4.79 Å². The third kappa shape index (κ3) is 3.44. The van der Waals surface area contributed by atoms with Crippen LogP contribution in [0.1, 0.15) is 43.0 Å². The van der Waals surface area contributed by atoms with Crippen LogP contribution in [0.4, 0.5) is 11.4 Å². The third-order valence-corrected chi connectivity index (χ3v) is 3.64. The van der Waals surface area contributed by atoms with Crippen LogP contribution in [0.2, 0.25) is 0 Å². The zero-order valence-corrected chi connectivity index (χ0v) is 12.4. The summed E-state index contributed by atoms with van der Waals surface area (Å²) in [4.78, 5) is 14.6. The third-order valence-electron chi connectivity index (χ3n) is 3.64. The van der Waals surface area contributed by atoms with Gasteiger partial charge >= 0.3 is 5.97 Å². The van der Waals surface area contributed by atoms with Crippen molar-refractivity contribution in [1.82, 2.24) is 0 Å². The Labute approximate surface area is 121 Å². The molecule has 4 nitrogen and oxygen atoms in total. The zero-order valence-electron chi connectivity index (χ0n) is 12.4. The highest BCUT2D eigenvalue weighted by molar-refractivity contribution is 5.97. The highest BCUT2D eigenvalue weighted by atomic mass is 16.5. The Balaban J connectivity index is 2.26. The van der Waals surface area contributed by atoms with E-state index in [1.54, 1.807) is 0 Å². The Morgan fingerprint density at radius 3 is 2.70 bits per heavy atom. The van der Waals surface area contributed by atoms with E-state index < -0.39 is 0 Å². The molecule has 0 unspecified atom stereocenters. The van der Waals surface area contributed by atoms with Crippen LogP contribution in [0.3, 0.4) is 0 Å². The van der Waals surface area contributed by atoms with Crippen LogP contribution >= 0.6 is 0 Å². The van der Waals surface area contributed by atoms with Crippen molar-refractivity contribution < 1.29 is 9.53 Å². The van der Waals surface area contributed by atoms with Gasteiger partial charge in [-0.3, -0.25) is 0 Å². The molecule has 1 saturated heterocycles. The van der Waals surface area contributed by atoms with Gasteiger partial charge in [-0.2, -0.15) is 0 Å². The number of hydrogen-bond acceptors (Lipinski definition) is 4. The summed E-state index contributed by atoms with van der Waals surface area (Å²) in [5, 5.41) is 3.08. The topological polar surface area (TPSA) is 41.6 Å². The number of ether oxygens (including phenoxy) is 1. The Bertz CT molecular complexity index is 454. The van der Waals surface area contributed by atoms with Gasteiger partial charge in [0.25, 0.3) is 0 Å². The highest BCUT2D eigenvalue weighted by Crippen LogP contribution is 2.27. The van der Waals surface area contributed by atoms with Crippen LogP contribution in [0.25, 0.3) is 0 Å². The molecule has 20 heavy (non-hydrogen) atoms. The maximum atomic E-state index is 12.3. The number of rotatable bonds is 5. The number of carbonyl (C=O) groups is 1. The lowest BCUT2D eigenvalue weighted by molar-refractivity contribution is 0.0506. The van der Waals surface area contributed by atoms with Crippen LogP contribution < -0.4 is 10.2 Å². The minimum absolute atomic E-state index is 0.218.